The standard InChI is InChI=1S/C11H13NS/c1-12-11-8-7-10(13-11)9-5-3-2-4-6-9/h3,5-8,12H,2,4H2,1H3. The summed E-state index contributed by atoms with van der Waals surface area (Å²) in [7, 11) is 1.96. The van der Waals surface area contributed by atoms with Crippen molar-refractivity contribution in [2.75, 3.05) is 12.4 Å². The Balaban J connectivity index is 2.24. The van der Waals surface area contributed by atoms with Crippen molar-refractivity contribution < 1.29 is 0 Å². The van der Waals surface area contributed by atoms with Gasteiger partial charge in [-0.3, -0.25) is 0 Å². The van der Waals surface area contributed by atoms with Crippen LogP contribution in [0.2, 0.25) is 0 Å². The van der Waals surface area contributed by atoms with Gasteiger partial charge in [-0.05, 0) is 30.5 Å². The van der Waals surface area contributed by atoms with E-state index in [4.69, 9.17) is 0 Å². The van der Waals surface area contributed by atoms with Crippen molar-refractivity contribution in [3.63, 3.8) is 0 Å². The molecular formula is C11H13NS. The number of rotatable bonds is 2. The maximum Gasteiger partial charge on any atom is 0.0886 e. The molecule has 0 saturated heterocycles. The maximum absolute atomic E-state index is 3.15. The summed E-state index contributed by atoms with van der Waals surface area (Å²) in [4.78, 5) is 1.36. The molecule has 2 heteroatoms. The Bertz CT molecular complexity index is 347. The molecule has 0 spiro atoms. The topological polar surface area (TPSA) is 12.0 Å². The van der Waals surface area contributed by atoms with Gasteiger partial charge < -0.3 is 5.32 Å². The Morgan fingerprint density at radius 1 is 1.31 bits per heavy atom. The van der Waals surface area contributed by atoms with Crippen LogP contribution in [0.15, 0.2) is 30.4 Å². The molecule has 0 radical (unpaired) electrons. The second-order valence-corrected chi connectivity index (χ2v) is 4.14. The fourth-order valence-electron chi connectivity index (χ4n) is 1.42. The summed E-state index contributed by atoms with van der Waals surface area (Å²) in [5.41, 5.74) is 1.37. The van der Waals surface area contributed by atoms with Crippen LogP contribution in [0.4, 0.5) is 5.00 Å². The van der Waals surface area contributed by atoms with Gasteiger partial charge in [-0.1, -0.05) is 18.2 Å². The number of hydrogen-bond donors (Lipinski definition) is 1. The molecule has 0 aliphatic heterocycles. The van der Waals surface area contributed by atoms with Crippen LogP contribution >= 0.6 is 11.3 Å². The van der Waals surface area contributed by atoms with E-state index in [1.807, 2.05) is 18.4 Å². The number of anilines is 1. The van der Waals surface area contributed by atoms with Crippen LogP contribution in [0.25, 0.3) is 5.57 Å². The second-order valence-electron chi connectivity index (χ2n) is 3.05. The molecule has 0 bridgehead atoms. The van der Waals surface area contributed by atoms with Crippen molar-refractivity contribution >= 4 is 21.9 Å². The van der Waals surface area contributed by atoms with Gasteiger partial charge in [0.1, 0.15) is 0 Å². The third-order valence-electron chi connectivity index (χ3n) is 2.13. The molecule has 0 aromatic carbocycles. The van der Waals surface area contributed by atoms with E-state index in [-0.39, 0.29) is 0 Å². The third kappa shape index (κ3) is 1.83. The van der Waals surface area contributed by atoms with Gasteiger partial charge in [0, 0.05) is 11.9 Å². The summed E-state index contributed by atoms with van der Waals surface area (Å²) in [6.07, 6.45) is 9.14. The Labute approximate surface area is 82.8 Å². The lowest BCUT2D eigenvalue weighted by molar-refractivity contribution is 1.04. The minimum Gasteiger partial charge on any atom is -0.380 e. The Morgan fingerprint density at radius 3 is 2.85 bits per heavy atom. The van der Waals surface area contributed by atoms with Gasteiger partial charge in [-0.2, -0.15) is 0 Å². The minimum absolute atomic E-state index is 1.18. The number of nitrogens with one attached hydrogen (secondary N) is 1. The van der Waals surface area contributed by atoms with E-state index in [0.717, 1.165) is 0 Å². The smallest absolute Gasteiger partial charge is 0.0886 e. The predicted molar refractivity (Wildman–Crippen MR) is 60.2 cm³/mol. The van der Waals surface area contributed by atoms with Gasteiger partial charge in [0.15, 0.2) is 0 Å². The first-order chi connectivity index (χ1) is 6.40. The molecule has 1 aliphatic rings. The van der Waals surface area contributed by atoms with Gasteiger partial charge in [-0.25, -0.2) is 0 Å². The third-order valence-corrected chi connectivity index (χ3v) is 3.28. The van der Waals surface area contributed by atoms with E-state index in [1.165, 1.54) is 28.3 Å². The first kappa shape index (κ1) is 8.57. The molecule has 0 fully saturated rings. The van der Waals surface area contributed by atoms with E-state index in [0.29, 0.717) is 0 Å². The van der Waals surface area contributed by atoms with Gasteiger partial charge in [0.05, 0.1) is 5.00 Å². The lowest BCUT2D eigenvalue weighted by Crippen LogP contribution is -1.81. The highest BCUT2D eigenvalue weighted by Crippen LogP contribution is 2.30. The monoisotopic (exact) mass is 191 g/mol. The van der Waals surface area contributed by atoms with Gasteiger partial charge in [0.2, 0.25) is 0 Å². The highest BCUT2D eigenvalue weighted by atomic mass is 32.1. The van der Waals surface area contributed by atoms with E-state index in [1.54, 1.807) is 0 Å². The van der Waals surface area contributed by atoms with E-state index in [2.05, 4.69) is 35.7 Å². The van der Waals surface area contributed by atoms with E-state index >= 15 is 0 Å². The summed E-state index contributed by atoms with van der Waals surface area (Å²) in [5, 5.41) is 4.39. The lowest BCUT2D eigenvalue weighted by atomic mass is 10.1. The molecule has 1 nitrogen and oxygen atoms in total. The molecule has 0 atom stereocenters. The molecule has 2 rings (SSSR count). The molecule has 1 aliphatic carbocycles. The Morgan fingerprint density at radius 2 is 2.23 bits per heavy atom. The zero-order chi connectivity index (χ0) is 9.10. The maximum atomic E-state index is 3.15. The molecule has 0 unspecified atom stereocenters. The summed E-state index contributed by atoms with van der Waals surface area (Å²) in [5.74, 6) is 0. The van der Waals surface area contributed by atoms with Gasteiger partial charge >= 0.3 is 0 Å². The summed E-state index contributed by atoms with van der Waals surface area (Å²) >= 11 is 1.81. The molecule has 1 N–H and O–H groups in total. The highest BCUT2D eigenvalue weighted by Gasteiger charge is 2.03. The summed E-state index contributed by atoms with van der Waals surface area (Å²) in [6.45, 7) is 0. The van der Waals surface area contributed by atoms with Crippen molar-refractivity contribution in [1.82, 2.24) is 0 Å². The number of allylic oxidation sites excluding steroid dienone is 4. The predicted octanol–water partition coefficient (Wildman–Crippen LogP) is 3.52. The van der Waals surface area contributed by atoms with Gasteiger partial charge in [0.25, 0.3) is 0 Å². The average molecular weight is 191 g/mol. The van der Waals surface area contributed by atoms with Crippen LogP contribution in [-0.4, -0.2) is 7.05 Å². The zero-order valence-electron chi connectivity index (χ0n) is 7.71. The first-order valence-electron chi connectivity index (χ1n) is 4.55. The summed E-state index contributed by atoms with van der Waals surface area (Å²) < 4.78 is 0. The molecule has 0 amide bonds. The Hall–Kier alpha value is -1.02. The fourth-order valence-corrected chi connectivity index (χ4v) is 2.30. The number of hydrogen-bond acceptors (Lipinski definition) is 2. The van der Waals surface area contributed by atoms with Crippen LogP contribution in [0.1, 0.15) is 17.7 Å². The largest absolute Gasteiger partial charge is 0.380 e. The van der Waals surface area contributed by atoms with Crippen LogP contribution in [0, 0.1) is 0 Å². The molecule has 0 saturated carbocycles. The molecular weight excluding hydrogens is 178 g/mol. The van der Waals surface area contributed by atoms with Crippen molar-refractivity contribution in [2.24, 2.45) is 0 Å². The van der Waals surface area contributed by atoms with Crippen molar-refractivity contribution in [3.8, 4) is 0 Å². The fraction of sp³-hybridized carbons (Fsp3) is 0.273. The minimum atomic E-state index is 1.18. The SMILES string of the molecule is CNc1ccc(C2=CCCC=C2)s1. The lowest BCUT2D eigenvalue weighted by Gasteiger charge is -2.03. The average Bonchev–Trinajstić information content (AvgIpc) is 2.67. The first-order valence-corrected chi connectivity index (χ1v) is 5.36. The van der Waals surface area contributed by atoms with Crippen LogP contribution < -0.4 is 5.32 Å². The molecule has 68 valence electrons. The molecule has 13 heavy (non-hydrogen) atoms. The molecule has 1 aromatic rings. The molecule has 1 aromatic heterocycles. The zero-order valence-corrected chi connectivity index (χ0v) is 8.53. The van der Waals surface area contributed by atoms with Crippen LogP contribution in [0.5, 0.6) is 0 Å². The Kier molecular flexibility index (Phi) is 2.50. The van der Waals surface area contributed by atoms with Crippen molar-refractivity contribution in [3.05, 3.63) is 35.2 Å². The van der Waals surface area contributed by atoms with Gasteiger partial charge in [-0.15, -0.1) is 11.3 Å². The molecule has 1 heterocycles. The van der Waals surface area contributed by atoms with E-state index in [9.17, 15) is 0 Å². The van der Waals surface area contributed by atoms with Crippen molar-refractivity contribution in [2.45, 2.75) is 12.8 Å². The highest BCUT2D eigenvalue weighted by molar-refractivity contribution is 7.17. The summed E-state index contributed by atoms with van der Waals surface area (Å²) in [6, 6.07) is 4.31. The number of thiophene rings is 1. The van der Waals surface area contributed by atoms with Crippen LogP contribution in [-0.2, 0) is 0 Å². The quantitative estimate of drug-likeness (QED) is 0.754. The van der Waals surface area contributed by atoms with E-state index < -0.39 is 0 Å². The van der Waals surface area contributed by atoms with Crippen LogP contribution in [0.3, 0.4) is 0 Å². The normalized spacial score (nSPS) is 15.6. The van der Waals surface area contributed by atoms with Crippen molar-refractivity contribution in [1.29, 1.82) is 0 Å². The second kappa shape index (κ2) is 3.79.